The SMILES string of the molecule is Cc1onc(-c2ccccc2)c1C(=O)N/N=C\c1ccc(I)o1. The van der Waals surface area contributed by atoms with Gasteiger partial charge in [-0.15, -0.1) is 0 Å². The quantitative estimate of drug-likeness (QED) is 0.397. The van der Waals surface area contributed by atoms with Gasteiger partial charge in [0.1, 0.15) is 22.8 Å². The predicted octanol–water partition coefficient (Wildman–Crippen LogP) is 3.61. The van der Waals surface area contributed by atoms with Crippen LogP contribution < -0.4 is 5.43 Å². The Hall–Kier alpha value is -2.42. The van der Waals surface area contributed by atoms with Crippen molar-refractivity contribution in [1.29, 1.82) is 0 Å². The number of aromatic nitrogens is 1. The van der Waals surface area contributed by atoms with E-state index in [9.17, 15) is 4.79 Å². The lowest BCUT2D eigenvalue weighted by Gasteiger charge is -2.01. The van der Waals surface area contributed by atoms with Gasteiger partial charge in [-0.25, -0.2) is 5.43 Å². The van der Waals surface area contributed by atoms with Gasteiger partial charge in [-0.1, -0.05) is 35.5 Å². The molecule has 2 heterocycles. The molecule has 0 bridgehead atoms. The molecule has 0 unspecified atom stereocenters. The van der Waals surface area contributed by atoms with Crippen molar-refractivity contribution >= 4 is 34.7 Å². The van der Waals surface area contributed by atoms with Crippen molar-refractivity contribution in [3.63, 3.8) is 0 Å². The number of carbonyl (C=O) groups is 1. The fraction of sp³-hybridized carbons (Fsp3) is 0.0625. The summed E-state index contributed by atoms with van der Waals surface area (Å²) in [6.07, 6.45) is 1.44. The molecule has 0 spiro atoms. The number of benzene rings is 1. The number of hydrazone groups is 1. The number of nitrogens with one attached hydrogen (secondary N) is 1. The Morgan fingerprint density at radius 1 is 1.26 bits per heavy atom. The molecule has 0 aliphatic carbocycles. The van der Waals surface area contributed by atoms with Gasteiger partial charge in [-0.05, 0) is 41.6 Å². The minimum absolute atomic E-state index is 0.363. The summed E-state index contributed by atoms with van der Waals surface area (Å²) in [6, 6.07) is 12.9. The third-order valence-corrected chi connectivity index (χ3v) is 3.67. The molecular weight excluding hydrogens is 409 g/mol. The van der Waals surface area contributed by atoms with Crippen LogP contribution in [0, 0.1) is 10.7 Å². The first-order chi connectivity index (χ1) is 11.1. The van der Waals surface area contributed by atoms with Crippen molar-refractivity contribution in [2.24, 2.45) is 5.10 Å². The lowest BCUT2D eigenvalue weighted by molar-refractivity contribution is 0.0954. The van der Waals surface area contributed by atoms with E-state index in [1.165, 1.54) is 6.21 Å². The van der Waals surface area contributed by atoms with Crippen molar-refractivity contribution in [2.75, 3.05) is 0 Å². The zero-order chi connectivity index (χ0) is 16.2. The molecule has 3 rings (SSSR count). The van der Waals surface area contributed by atoms with E-state index in [1.54, 1.807) is 19.1 Å². The van der Waals surface area contributed by atoms with Gasteiger partial charge in [-0.2, -0.15) is 5.10 Å². The largest absolute Gasteiger partial charge is 0.449 e. The van der Waals surface area contributed by atoms with E-state index in [4.69, 9.17) is 8.94 Å². The summed E-state index contributed by atoms with van der Waals surface area (Å²) in [6.45, 7) is 1.69. The normalized spacial score (nSPS) is 11.0. The smallest absolute Gasteiger partial charge is 0.277 e. The Kier molecular flexibility index (Phi) is 4.56. The maximum absolute atomic E-state index is 12.4. The number of hydrogen-bond acceptors (Lipinski definition) is 5. The number of hydrogen-bond donors (Lipinski definition) is 1. The molecule has 116 valence electrons. The molecule has 3 aromatic rings. The molecule has 0 fully saturated rings. The third-order valence-electron chi connectivity index (χ3n) is 3.09. The Balaban J connectivity index is 1.80. The second-order valence-corrected chi connectivity index (χ2v) is 5.73. The van der Waals surface area contributed by atoms with E-state index >= 15 is 0 Å². The highest BCUT2D eigenvalue weighted by Crippen LogP contribution is 2.24. The van der Waals surface area contributed by atoms with Crippen LogP contribution in [0.3, 0.4) is 0 Å². The Morgan fingerprint density at radius 3 is 2.74 bits per heavy atom. The van der Waals surface area contributed by atoms with Gasteiger partial charge < -0.3 is 8.94 Å². The molecule has 1 N–H and O–H groups in total. The summed E-state index contributed by atoms with van der Waals surface area (Å²) >= 11 is 2.05. The van der Waals surface area contributed by atoms with Crippen LogP contribution in [-0.4, -0.2) is 17.3 Å². The summed E-state index contributed by atoms with van der Waals surface area (Å²) in [5.74, 6) is 0.601. The molecule has 1 aromatic carbocycles. The van der Waals surface area contributed by atoms with Crippen molar-refractivity contribution in [2.45, 2.75) is 6.92 Å². The van der Waals surface area contributed by atoms with E-state index in [1.807, 2.05) is 30.3 Å². The minimum atomic E-state index is -0.389. The fourth-order valence-electron chi connectivity index (χ4n) is 2.04. The van der Waals surface area contributed by atoms with Crippen LogP contribution in [0.15, 0.2) is 56.5 Å². The van der Waals surface area contributed by atoms with Gasteiger partial charge in [0.2, 0.25) is 0 Å². The van der Waals surface area contributed by atoms with Crippen LogP contribution in [0.2, 0.25) is 0 Å². The number of aryl methyl sites for hydroxylation is 1. The van der Waals surface area contributed by atoms with Gasteiger partial charge in [0, 0.05) is 5.56 Å². The van der Waals surface area contributed by atoms with Crippen LogP contribution >= 0.6 is 22.6 Å². The van der Waals surface area contributed by atoms with Gasteiger partial charge >= 0.3 is 0 Å². The molecule has 0 atom stereocenters. The van der Waals surface area contributed by atoms with E-state index in [2.05, 4.69) is 38.3 Å². The van der Waals surface area contributed by atoms with Crippen LogP contribution in [0.4, 0.5) is 0 Å². The highest BCUT2D eigenvalue weighted by Gasteiger charge is 2.21. The number of nitrogens with zero attached hydrogens (tertiary/aromatic N) is 2. The molecule has 6 nitrogen and oxygen atoms in total. The Labute approximate surface area is 145 Å². The molecule has 0 saturated heterocycles. The first kappa shape index (κ1) is 15.5. The maximum Gasteiger partial charge on any atom is 0.277 e. The summed E-state index contributed by atoms with van der Waals surface area (Å²) < 4.78 is 11.2. The Bertz CT molecular complexity index is 853. The highest BCUT2D eigenvalue weighted by atomic mass is 127. The van der Waals surface area contributed by atoms with E-state index in [0.29, 0.717) is 22.8 Å². The van der Waals surface area contributed by atoms with Crippen LogP contribution in [0.1, 0.15) is 21.9 Å². The number of rotatable bonds is 4. The number of furan rings is 1. The fourth-order valence-corrected chi connectivity index (χ4v) is 2.47. The van der Waals surface area contributed by atoms with Crippen molar-refractivity contribution in [1.82, 2.24) is 10.6 Å². The summed E-state index contributed by atoms with van der Waals surface area (Å²) in [4.78, 5) is 12.4. The summed E-state index contributed by atoms with van der Waals surface area (Å²) in [5, 5.41) is 7.87. The average Bonchev–Trinajstić information content (AvgIpc) is 3.14. The van der Waals surface area contributed by atoms with Gasteiger partial charge in [-0.3, -0.25) is 4.79 Å². The first-order valence-corrected chi connectivity index (χ1v) is 7.83. The summed E-state index contributed by atoms with van der Waals surface area (Å²) in [7, 11) is 0. The molecule has 0 aliphatic rings. The molecule has 0 radical (unpaired) electrons. The monoisotopic (exact) mass is 421 g/mol. The molecule has 2 aromatic heterocycles. The minimum Gasteiger partial charge on any atom is -0.449 e. The van der Waals surface area contributed by atoms with Crippen LogP contribution in [0.5, 0.6) is 0 Å². The number of carbonyl (C=O) groups excluding carboxylic acids is 1. The van der Waals surface area contributed by atoms with Crippen LogP contribution in [-0.2, 0) is 0 Å². The lowest BCUT2D eigenvalue weighted by atomic mass is 10.1. The highest BCUT2D eigenvalue weighted by molar-refractivity contribution is 14.1. The number of amides is 1. The average molecular weight is 421 g/mol. The zero-order valence-corrected chi connectivity index (χ0v) is 14.3. The molecule has 0 aliphatic heterocycles. The number of halogens is 1. The van der Waals surface area contributed by atoms with Crippen LogP contribution in [0.25, 0.3) is 11.3 Å². The van der Waals surface area contributed by atoms with E-state index in [0.717, 1.165) is 9.33 Å². The second-order valence-electron chi connectivity index (χ2n) is 4.67. The van der Waals surface area contributed by atoms with Gasteiger partial charge in [0.15, 0.2) is 3.77 Å². The van der Waals surface area contributed by atoms with E-state index in [-0.39, 0.29) is 5.91 Å². The maximum atomic E-state index is 12.4. The van der Waals surface area contributed by atoms with Gasteiger partial charge in [0.05, 0.1) is 6.21 Å². The van der Waals surface area contributed by atoms with Crippen molar-refractivity contribution < 1.29 is 13.7 Å². The van der Waals surface area contributed by atoms with E-state index < -0.39 is 0 Å². The molecule has 7 heteroatoms. The molecular formula is C16H12IN3O3. The molecule has 0 saturated carbocycles. The predicted molar refractivity (Wildman–Crippen MR) is 93.2 cm³/mol. The zero-order valence-electron chi connectivity index (χ0n) is 12.1. The topological polar surface area (TPSA) is 80.6 Å². The van der Waals surface area contributed by atoms with Crippen molar-refractivity contribution in [3.8, 4) is 11.3 Å². The van der Waals surface area contributed by atoms with Crippen molar-refractivity contribution in [3.05, 3.63) is 63.3 Å². The molecule has 1 amide bonds. The molecule has 23 heavy (non-hydrogen) atoms. The second kappa shape index (κ2) is 6.78. The lowest BCUT2D eigenvalue weighted by Crippen LogP contribution is -2.18. The summed E-state index contributed by atoms with van der Waals surface area (Å²) in [5.41, 5.74) is 4.12. The standard InChI is InChI=1S/C16H12IN3O3/c1-10-14(15(20-23-10)11-5-3-2-4-6-11)16(21)19-18-9-12-7-8-13(17)22-12/h2-9H,1H3,(H,19,21)/b18-9-. The Morgan fingerprint density at radius 2 is 2.04 bits per heavy atom. The third kappa shape index (κ3) is 3.50. The first-order valence-electron chi connectivity index (χ1n) is 6.75. The van der Waals surface area contributed by atoms with Gasteiger partial charge in [0.25, 0.3) is 5.91 Å².